The first-order valence-electron chi connectivity index (χ1n) is 8.47. The van der Waals surface area contributed by atoms with E-state index in [0.717, 1.165) is 18.4 Å². The summed E-state index contributed by atoms with van der Waals surface area (Å²) in [6.07, 6.45) is 2.19. The van der Waals surface area contributed by atoms with Crippen LogP contribution in [0.5, 0.6) is 0 Å². The topological polar surface area (TPSA) is 104 Å². The zero-order chi connectivity index (χ0) is 17.9. The fourth-order valence-electron chi connectivity index (χ4n) is 2.33. The normalized spacial score (nSPS) is 14.1. The van der Waals surface area contributed by atoms with E-state index in [-0.39, 0.29) is 6.42 Å². The maximum absolute atomic E-state index is 12.5. The molecule has 0 aliphatic heterocycles. The van der Waals surface area contributed by atoms with Gasteiger partial charge < -0.3 is 21.5 Å². The predicted octanol–water partition coefficient (Wildman–Crippen LogP) is 0.906. The van der Waals surface area contributed by atoms with Crippen molar-refractivity contribution in [3.63, 3.8) is 0 Å². The second-order valence-corrected chi connectivity index (χ2v) is 5.39. The summed E-state index contributed by atoms with van der Waals surface area (Å²) in [4.78, 5) is 23.9. The molecule has 0 spiro atoms. The molecule has 6 nitrogen and oxygen atoms in total. The maximum Gasteiger partial charge on any atom is 0.326 e. The highest BCUT2D eigenvalue weighted by Gasteiger charge is 2.24. The first-order valence-corrected chi connectivity index (χ1v) is 8.02. The van der Waals surface area contributed by atoms with Crippen molar-refractivity contribution in [1.82, 2.24) is 10.6 Å². The van der Waals surface area contributed by atoms with Crippen molar-refractivity contribution in [2.24, 2.45) is 5.73 Å². The molecule has 1 aromatic rings. The Labute approximate surface area is 138 Å². The van der Waals surface area contributed by atoms with Gasteiger partial charge in [0.1, 0.15) is 7.45 Å². The van der Waals surface area contributed by atoms with Crippen LogP contribution in [0.1, 0.15) is 31.7 Å². The number of benzene rings is 1. The molecule has 0 aromatic heterocycles. The maximum atomic E-state index is 12.5. The summed E-state index contributed by atoms with van der Waals surface area (Å²) in [5.41, 5.74) is 6.30. The summed E-state index contributed by atoms with van der Waals surface area (Å²) >= 11 is 0. The van der Waals surface area contributed by atoms with Gasteiger partial charge in [-0.3, -0.25) is 4.79 Å². The molecule has 0 saturated heterocycles. The summed E-state index contributed by atoms with van der Waals surface area (Å²) in [7, 11) is 0. The van der Waals surface area contributed by atoms with E-state index in [4.69, 9.17) is 7.15 Å². The van der Waals surface area contributed by atoms with Crippen molar-refractivity contribution >= 4 is 11.9 Å². The highest BCUT2D eigenvalue weighted by atomic mass is 16.4. The number of aliphatic carboxylic acids is 1. The van der Waals surface area contributed by atoms with E-state index in [2.05, 4.69) is 5.32 Å². The van der Waals surface area contributed by atoms with Gasteiger partial charge in [-0.05, 0) is 31.5 Å². The van der Waals surface area contributed by atoms with E-state index in [0.29, 0.717) is 19.5 Å². The van der Waals surface area contributed by atoms with Crippen molar-refractivity contribution in [1.29, 1.82) is 0 Å². The largest absolute Gasteiger partial charge is 0.480 e. The number of hydrogen-bond acceptors (Lipinski definition) is 4. The summed E-state index contributed by atoms with van der Waals surface area (Å²) in [5.74, 6) is -1.51. The van der Waals surface area contributed by atoms with Crippen LogP contribution in [0.15, 0.2) is 30.3 Å². The molecule has 0 fully saturated rings. The molecule has 128 valence electrons. The highest BCUT2D eigenvalue weighted by molar-refractivity contribution is 5.87. The van der Waals surface area contributed by atoms with Crippen LogP contribution in [0.4, 0.5) is 0 Å². The molecule has 0 unspecified atom stereocenters. The van der Waals surface area contributed by atoms with Gasteiger partial charge in [0.2, 0.25) is 5.91 Å². The fourth-order valence-corrected chi connectivity index (χ4v) is 2.33. The second-order valence-electron chi connectivity index (χ2n) is 5.39. The minimum absolute atomic E-state index is 0.210. The van der Waals surface area contributed by atoms with E-state index in [1.165, 1.54) is 5.31 Å². The third kappa shape index (κ3) is 7.25. The lowest BCUT2D eigenvalue weighted by molar-refractivity contribution is -0.142. The lowest BCUT2D eigenvalue weighted by Gasteiger charge is -2.21. The molecular formula is C17H27N3O3. The first kappa shape index (κ1) is 17.4. The molecule has 2 atom stereocenters. The Bertz CT molecular complexity index is 513. The quantitative estimate of drug-likeness (QED) is 0.453. The van der Waals surface area contributed by atoms with Gasteiger partial charge in [0.25, 0.3) is 0 Å². The number of nitrogens with two attached hydrogens (primary N) is 1. The monoisotopic (exact) mass is 322 g/mol. The molecule has 0 bridgehead atoms. The highest BCUT2D eigenvalue weighted by Crippen LogP contribution is 2.06. The van der Waals surface area contributed by atoms with Crippen molar-refractivity contribution in [2.75, 3.05) is 13.1 Å². The molecule has 5 N–H and O–H groups in total. The number of carboxylic acids is 1. The number of hydrogen-bond donors (Lipinski definition) is 4. The summed E-state index contributed by atoms with van der Waals surface area (Å²) < 4.78 is 7.91. The average Bonchev–Trinajstić information content (AvgIpc) is 2.58. The number of nitrogens with one attached hydrogen (secondary N) is 2. The third-order valence-electron chi connectivity index (χ3n) is 3.53. The van der Waals surface area contributed by atoms with Crippen LogP contribution in [0, 0.1) is 0 Å². The lowest BCUT2D eigenvalue weighted by Crippen LogP contribution is -2.51. The number of amides is 1. The Kier molecular flexibility index (Phi) is 8.15. The van der Waals surface area contributed by atoms with E-state index in [9.17, 15) is 14.7 Å². The van der Waals surface area contributed by atoms with Crippen molar-refractivity contribution in [2.45, 2.75) is 44.7 Å². The standard InChI is InChI=1S/C17H27N3O3/c1-2-19-14(10-6-7-11-18)16(21)20-15(17(22)23)12-13-8-4-3-5-9-13/h3-5,8-9,14-15,19H,2,6-7,10-12,18H2,1H3,(H,20,21)(H,22,23)/t14-,15-/m0/s1/i/hD. The van der Waals surface area contributed by atoms with Crippen LogP contribution in [0.2, 0.25) is 1.41 Å². The Morgan fingerprint density at radius 3 is 2.52 bits per heavy atom. The lowest BCUT2D eigenvalue weighted by atomic mass is 10.0. The molecule has 0 radical (unpaired) electrons. The van der Waals surface area contributed by atoms with E-state index < -0.39 is 24.0 Å². The van der Waals surface area contributed by atoms with Gasteiger partial charge in [0.05, 0.1) is 6.04 Å². The molecule has 1 amide bonds. The Hall–Kier alpha value is -1.92. The van der Waals surface area contributed by atoms with Gasteiger partial charge in [-0.2, -0.15) is 0 Å². The number of rotatable bonds is 11. The number of likely N-dealkylation sites (N-methyl/N-ethyl adjacent to an activating group) is 1. The van der Waals surface area contributed by atoms with Gasteiger partial charge in [0, 0.05) is 6.42 Å². The number of carbonyl (C=O) groups excluding carboxylic acids is 1. The third-order valence-corrected chi connectivity index (χ3v) is 3.53. The van der Waals surface area contributed by atoms with Gasteiger partial charge in [0.15, 0.2) is 0 Å². The van der Waals surface area contributed by atoms with E-state index in [1.54, 1.807) is 6.92 Å². The number of unbranched alkanes of at least 4 members (excludes halogenated alkanes) is 1. The predicted molar refractivity (Wildman–Crippen MR) is 90.1 cm³/mol. The van der Waals surface area contributed by atoms with Crippen LogP contribution in [0.3, 0.4) is 0 Å². The van der Waals surface area contributed by atoms with Crippen LogP contribution >= 0.6 is 0 Å². The van der Waals surface area contributed by atoms with E-state index in [1.807, 2.05) is 30.3 Å². The SMILES string of the molecule is [2H]N(CC)[C@@H](CCCCN)C(=O)N[C@@H](Cc1ccccc1)C(=O)O. The fraction of sp³-hybridized carbons (Fsp3) is 0.529. The summed E-state index contributed by atoms with van der Waals surface area (Å²) in [5, 5.41) is 13.1. The van der Waals surface area contributed by atoms with Gasteiger partial charge >= 0.3 is 5.97 Å². The van der Waals surface area contributed by atoms with Crippen LogP contribution in [-0.4, -0.2) is 42.2 Å². The van der Waals surface area contributed by atoms with Gasteiger partial charge in [-0.15, -0.1) is 0 Å². The van der Waals surface area contributed by atoms with Crippen molar-refractivity contribution in [3.8, 4) is 0 Å². The molecule has 0 saturated carbocycles. The van der Waals surface area contributed by atoms with Crippen LogP contribution < -0.4 is 16.4 Å². The Morgan fingerprint density at radius 2 is 1.96 bits per heavy atom. The van der Waals surface area contributed by atoms with Crippen molar-refractivity contribution < 1.29 is 16.1 Å². The number of carbonyl (C=O) groups is 2. The molecule has 0 aliphatic rings. The Balaban J connectivity index is 2.74. The van der Waals surface area contributed by atoms with Gasteiger partial charge in [-0.25, -0.2) is 4.79 Å². The first-order chi connectivity index (χ1) is 11.5. The van der Waals surface area contributed by atoms with Crippen LogP contribution in [-0.2, 0) is 16.0 Å². The molecule has 1 aromatic carbocycles. The van der Waals surface area contributed by atoms with Crippen LogP contribution in [0.25, 0.3) is 0 Å². The molecule has 23 heavy (non-hydrogen) atoms. The summed E-state index contributed by atoms with van der Waals surface area (Å²) in [6.45, 7) is 2.70. The second kappa shape index (κ2) is 10.7. The van der Waals surface area contributed by atoms with E-state index >= 15 is 0 Å². The molecular weight excluding hydrogens is 294 g/mol. The zero-order valence-corrected chi connectivity index (χ0v) is 13.6. The minimum atomic E-state index is -1.08. The molecule has 6 heteroatoms. The average molecular weight is 322 g/mol. The Morgan fingerprint density at radius 1 is 1.26 bits per heavy atom. The zero-order valence-electron chi connectivity index (χ0n) is 14.6. The summed E-state index contributed by atoms with van der Waals surface area (Å²) in [6, 6.07) is 7.47. The smallest absolute Gasteiger partial charge is 0.326 e. The minimum Gasteiger partial charge on any atom is -0.480 e. The molecule has 1 rings (SSSR count). The molecule has 0 heterocycles. The number of carboxylic acid groups (broad SMARTS) is 1. The molecule has 0 aliphatic carbocycles. The van der Waals surface area contributed by atoms with Crippen molar-refractivity contribution in [3.05, 3.63) is 35.9 Å². The van der Waals surface area contributed by atoms with Gasteiger partial charge in [-0.1, -0.05) is 43.7 Å².